The zero-order valence-corrected chi connectivity index (χ0v) is 10.7. The van der Waals surface area contributed by atoms with Gasteiger partial charge in [0.05, 0.1) is 6.26 Å². The molecule has 1 heterocycles. The van der Waals surface area contributed by atoms with Crippen molar-refractivity contribution >= 4 is 21.7 Å². The molecule has 0 aliphatic heterocycles. The Hall–Kier alpha value is -2.74. The Bertz CT molecular complexity index is 919. The maximum absolute atomic E-state index is 10.1. The summed E-state index contributed by atoms with van der Waals surface area (Å²) in [4.78, 5) is 0. The molecule has 96 valence electrons. The minimum Gasteiger partial charge on any atom is -0.507 e. The third kappa shape index (κ3) is 1.51. The molecule has 1 aromatic heterocycles. The van der Waals surface area contributed by atoms with E-state index in [9.17, 15) is 5.11 Å². The van der Waals surface area contributed by atoms with Crippen molar-refractivity contribution in [2.24, 2.45) is 0 Å². The molecular formula is C18H12O2. The second-order valence-electron chi connectivity index (χ2n) is 4.83. The zero-order valence-electron chi connectivity index (χ0n) is 10.7. The van der Waals surface area contributed by atoms with E-state index in [-0.39, 0.29) is 5.75 Å². The topological polar surface area (TPSA) is 33.4 Å². The number of phenols is 1. The Morgan fingerprint density at radius 2 is 1.55 bits per heavy atom. The van der Waals surface area contributed by atoms with Gasteiger partial charge in [0.15, 0.2) is 0 Å². The van der Waals surface area contributed by atoms with Crippen LogP contribution >= 0.6 is 0 Å². The van der Waals surface area contributed by atoms with Crippen LogP contribution in [0, 0.1) is 0 Å². The predicted octanol–water partition coefficient (Wildman–Crippen LogP) is 4.96. The average Bonchev–Trinajstić information content (AvgIpc) is 2.92. The van der Waals surface area contributed by atoms with Crippen LogP contribution in [0.1, 0.15) is 0 Å². The smallest absolute Gasteiger partial charge is 0.135 e. The van der Waals surface area contributed by atoms with Gasteiger partial charge in [0, 0.05) is 16.5 Å². The maximum atomic E-state index is 10.1. The van der Waals surface area contributed by atoms with Crippen LogP contribution in [0.5, 0.6) is 5.75 Å². The molecule has 1 N–H and O–H groups in total. The van der Waals surface area contributed by atoms with Gasteiger partial charge >= 0.3 is 0 Å². The Morgan fingerprint density at radius 1 is 0.750 bits per heavy atom. The van der Waals surface area contributed by atoms with Crippen LogP contribution in [0.15, 0.2) is 71.3 Å². The van der Waals surface area contributed by atoms with Crippen molar-refractivity contribution in [2.75, 3.05) is 0 Å². The van der Waals surface area contributed by atoms with Gasteiger partial charge in [-0.1, -0.05) is 48.5 Å². The van der Waals surface area contributed by atoms with Crippen molar-refractivity contribution < 1.29 is 9.52 Å². The first-order valence-electron chi connectivity index (χ1n) is 6.52. The summed E-state index contributed by atoms with van der Waals surface area (Å²) in [6, 6.07) is 19.6. The van der Waals surface area contributed by atoms with Crippen LogP contribution in [0.4, 0.5) is 0 Å². The molecule has 0 fully saturated rings. The Kier molecular flexibility index (Phi) is 2.30. The predicted molar refractivity (Wildman–Crippen MR) is 80.8 cm³/mol. The van der Waals surface area contributed by atoms with Gasteiger partial charge in [-0.15, -0.1) is 0 Å². The highest BCUT2D eigenvalue weighted by molar-refractivity contribution is 6.13. The number of benzene rings is 3. The summed E-state index contributed by atoms with van der Waals surface area (Å²) in [6.45, 7) is 0. The quantitative estimate of drug-likeness (QED) is 0.525. The molecule has 0 saturated heterocycles. The number of hydrogen-bond acceptors (Lipinski definition) is 2. The van der Waals surface area contributed by atoms with Gasteiger partial charge in [0.2, 0.25) is 0 Å². The number of aromatic hydroxyl groups is 1. The van der Waals surface area contributed by atoms with Gasteiger partial charge in [-0.2, -0.15) is 0 Å². The fourth-order valence-electron chi connectivity index (χ4n) is 2.71. The zero-order chi connectivity index (χ0) is 13.5. The summed E-state index contributed by atoms with van der Waals surface area (Å²) < 4.78 is 5.66. The van der Waals surface area contributed by atoms with E-state index in [1.54, 1.807) is 12.3 Å². The van der Waals surface area contributed by atoms with Gasteiger partial charge < -0.3 is 9.52 Å². The van der Waals surface area contributed by atoms with E-state index < -0.39 is 0 Å². The lowest BCUT2D eigenvalue weighted by atomic mass is 9.99. The molecular weight excluding hydrogens is 248 g/mol. The normalized spacial score (nSPS) is 11.2. The summed E-state index contributed by atoms with van der Waals surface area (Å²) in [5.74, 6) is 0.267. The van der Waals surface area contributed by atoms with Crippen molar-refractivity contribution in [1.82, 2.24) is 0 Å². The summed E-state index contributed by atoms with van der Waals surface area (Å²) in [6.07, 6.45) is 1.71. The Balaban J connectivity index is 2.16. The molecule has 2 nitrogen and oxygen atoms in total. The van der Waals surface area contributed by atoms with Crippen LogP contribution in [0.2, 0.25) is 0 Å². The number of fused-ring (bicyclic) bond motifs is 3. The minimum absolute atomic E-state index is 0.267. The molecule has 0 radical (unpaired) electrons. The number of hydrogen-bond donors (Lipinski definition) is 1. The molecule has 20 heavy (non-hydrogen) atoms. The van der Waals surface area contributed by atoms with Crippen LogP contribution in [-0.4, -0.2) is 5.11 Å². The Labute approximate surface area is 115 Å². The molecule has 0 bridgehead atoms. The molecule has 4 rings (SSSR count). The third-order valence-electron chi connectivity index (χ3n) is 3.66. The number of para-hydroxylation sites is 1. The molecule has 0 unspecified atom stereocenters. The van der Waals surface area contributed by atoms with E-state index in [1.165, 1.54) is 0 Å². The van der Waals surface area contributed by atoms with E-state index in [1.807, 2.05) is 36.4 Å². The first-order valence-corrected chi connectivity index (χ1v) is 6.52. The monoisotopic (exact) mass is 260 g/mol. The van der Waals surface area contributed by atoms with Gasteiger partial charge in [-0.3, -0.25) is 0 Å². The number of rotatable bonds is 1. The second-order valence-corrected chi connectivity index (χ2v) is 4.83. The van der Waals surface area contributed by atoms with E-state index in [4.69, 9.17) is 4.42 Å². The highest BCUT2D eigenvalue weighted by Crippen LogP contribution is 2.39. The molecule has 0 amide bonds. The fraction of sp³-hybridized carbons (Fsp3) is 0. The van der Waals surface area contributed by atoms with E-state index in [0.29, 0.717) is 0 Å². The number of furan rings is 1. The van der Waals surface area contributed by atoms with Crippen molar-refractivity contribution in [2.45, 2.75) is 0 Å². The largest absolute Gasteiger partial charge is 0.507 e. The van der Waals surface area contributed by atoms with Gasteiger partial charge in [-0.05, 0) is 22.9 Å². The first kappa shape index (κ1) is 11.1. The lowest BCUT2D eigenvalue weighted by molar-refractivity contribution is 0.477. The summed E-state index contributed by atoms with van der Waals surface area (Å²) in [5.41, 5.74) is 2.56. The van der Waals surface area contributed by atoms with Gasteiger partial charge in [0.1, 0.15) is 11.3 Å². The van der Waals surface area contributed by atoms with Crippen LogP contribution in [-0.2, 0) is 0 Å². The molecule has 0 aliphatic rings. The van der Waals surface area contributed by atoms with Crippen LogP contribution in [0.25, 0.3) is 32.9 Å². The van der Waals surface area contributed by atoms with Crippen LogP contribution < -0.4 is 0 Å². The standard InChI is InChI=1S/C18H12O2/c19-16-8-4-3-7-14(16)15-11-20-17-10-9-12-5-1-2-6-13(12)18(15)17/h1-11,19H. The van der Waals surface area contributed by atoms with E-state index >= 15 is 0 Å². The molecule has 0 aliphatic carbocycles. The SMILES string of the molecule is Oc1ccccc1-c1coc2ccc3ccccc3c12. The van der Waals surface area contributed by atoms with E-state index in [2.05, 4.69) is 18.2 Å². The fourth-order valence-corrected chi connectivity index (χ4v) is 2.71. The summed E-state index contributed by atoms with van der Waals surface area (Å²) >= 11 is 0. The number of phenolic OH excluding ortho intramolecular Hbond substituents is 1. The molecule has 0 spiro atoms. The lowest BCUT2D eigenvalue weighted by Crippen LogP contribution is -1.79. The molecule has 2 heteroatoms. The van der Waals surface area contributed by atoms with Gasteiger partial charge in [0.25, 0.3) is 0 Å². The van der Waals surface area contributed by atoms with Crippen molar-refractivity contribution in [1.29, 1.82) is 0 Å². The molecule has 4 aromatic rings. The highest BCUT2D eigenvalue weighted by atomic mass is 16.3. The highest BCUT2D eigenvalue weighted by Gasteiger charge is 2.13. The molecule has 0 atom stereocenters. The average molecular weight is 260 g/mol. The molecule has 3 aromatic carbocycles. The van der Waals surface area contributed by atoms with E-state index in [0.717, 1.165) is 32.9 Å². The summed E-state index contributed by atoms with van der Waals surface area (Å²) in [7, 11) is 0. The van der Waals surface area contributed by atoms with Crippen LogP contribution in [0.3, 0.4) is 0 Å². The van der Waals surface area contributed by atoms with Gasteiger partial charge in [-0.25, -0.2) is 0 Å². The summed E-state index contributed by atoms with van der Waals surface area (Å²) in [5, 5.41) is 13.4. The van der Waals surface area contributed by atoms with Crippen molar-refractivity contribution in [3.63, 3.8) is 0 Å². The minimum atomic E-state index is 0.267. The van der Waals surface area contributed by atoms with Crippen molar-refractivity contribution in [3.8, 4) is 16.9 Å². The van der Waals surface area contributed by atoms with Crippen molar-refractivity contribution in [3.05, 3.63) is 66.9 Å². The third-order valence-corrected chi connectivity index (χ3v) is 3.66. The molecule has 0 saturated carbocycles. The lowest BCUT2D eigenvalue weighted by Gasteiger charge is -2.04. The second kappa shape index (κ2) is 4.14. The maximum Gasteiger partial charge on any atom is 0.135 e. The first-order chi connectivity index (χ1) is 9.84. The Morgan fingerprint density at radius 3 is 2.45 bits per heavy atom.